The largest absolute Gasteiger partial charge is 1.00 e. The second-order valence-electron chi connectivity index (χ2n) is 5.39. The van der Waals surface area contributed by atoms with Crippen LogP contribution in [-0.4, -0.2) is 39.3 Å². The number of thioether (sulfide) groups is 1. The monoisotopic (exact) mass is 356 g/mol. The van der Waals surface area contributed by atoms with E-state index in [1.807, 2.05) is 0 Å². The average Bonchev–Trinajstić information content (AvgIpc) is 2.82. The van der Waals surface area contributed by atoms with Crippen molar-refractivity contribution in [1.82, 2.24) is 4.90 Å². The molecule has 3 atom stereocenters. The van der Waals surface area contributed by atoms with Crippen LogP contribution in [0.25, 0.3) is 4.91 Å². The number of β-lactam (4-membered cyclic amide) rings is 1. The van der Waals surface area contributed by atoms with Gasteiger partial charge in [0.2, 0.25) is 11.8 Å². The van der Waals surface area contributed by atoms with Crippen molar-refractivity contribution in [2.75, 3.05) is 0 Å². The first-order valence-electron chi connectivity index (χ1n) is 6.86. The number of carboxylic acids is 1. The molecule has 1 saturated heterocycles. The van der Waals surface area contributed by atoms with Crippen LogP contribution in [0.15, 0.2) is 30.0 Å². The Balaban J connectivity index is 0.00000208. The second-order valence-corrected chi connectivity index (χ2v) is 6.52. The van der Waals surface area contributed by atoms with Crippen molar-refractivity contribution >= 4 is 34.5 Å². The van der Waals surface area contributed by atoms with Gasteiger partial charge in [-0.1, -0.05) is 23.9 Å². The quantitative estimate of drug-likeness (QED) is 0.420. The first kappa shape index (κ1) is 19.0. The van der Waals surface area contributed by atoms with Crippen LogP contribution in [0.3, 0.4) is 0 Å². The van der Waals surface area contributed by atoms with E-state index in [2.05, 4.69) is 0 Å². The van der Waals surface area contributed by atoms with E-state index >= 15 is 0 Å². The maximum absolute atomic E-state index is 12.1. The standard InChI is InChI=1S/C15H14N2O5S.Na/c1-6(18)9-13(20)17-10(15(21)22)11(23-14(9)17)7-3-2-4-8(5-7)12(16)19;/h2-6,9,14,18H,1H3,(H2,16,19)(H,21,22);/q;+1/p-1/t6-,9+,14-;/m1./s1. The van der Waals surface area contributed by atoms with Crippen molar-refractivity contribution in [3.05, 3.63) is 41.1 Å². The maximum atomic E-state index is 12.1. The van der Waals surface area contributed by atoms with Gasteiger partial charge >= 0.3 is 29.6 Å². The van der Waals surface area contributed by atoms with Crippen LogP contribution in [0.2, 0.25) is 0 Å². The van der Waals surface area contributed by atoms with Crippen molar-refractivity contribution < 1.29 is 54.2 Å². The molecule has 0 saturated carbocycles. The Bertz CT molecular complexity index is 764. The number of hydrogen-bond acceptors (Lipinski definition) is 6. The molecule has 0 radical (unpaired) electrons. The summed E-state index contributed by atoms with van der Waals surface area (Å²) in [6.07, 6.45) is -0.879. The molecule has 0 aliphatic carbocycles. The third kappa shape index (κ3) is 2.89. The molecule has 3 N–H and O–H groups in total. The molecule has 2 amide bonds. The molecular formula is C15H13N2NaO5S. The molecule has 0 bridgehead atoms. The van der Waals surface area contributed by atoms with Crippen molar-refractivity contribution in [3.63, 3.8) is 0 Å². The van der Waals surface area contributed by atoms with Crippen LogP contribution in [0.1, 0.15) is 22.8 Å². The number of carbonyl (C=O) groups excluding carboxylic acids is 3. The van der Waals surface area contributed by atoms with Gasteiger partial charge < -0.3 is 20.7 Å². The number of rotatable bonds is 4. The van der Waals surface area contributed by atoms with Crippen LogP contribution in [-0.2, 0) is 9.59 Å². The molecule has 0 spiro atoms. The van der Waals surface area contributed by atoms with E-state index in [4.69, 9.17) is 5.73 Å². The van der Waals surface area contributed by atoms with E-state index in [0.717, 1.165) is 16.7 Å². The summed E-state index contributed by atoms with van der Waals surface area (Å²) >= 11 is 1.16. The summed E-state index contributed by atoms with van der Waals surface area (Å²) in [4.78, 5) is 36.3. The zero-order chi connectivity index (χ0) is 16.9. The first-order chi connectivity index (χ1) is 10.8. The summed E-state index contributed by atoms with van der Waals surface area (Å²) in [7, 11) is 0. The molecule has 24 heavy (non-hydrogen) atoms. The minimum absolute atomic E-state index is 0. The predicted molar refractivity (Wildman–Crippen MR) is 80.3 cm³/mol. The van der Waals surface area contributed by atoms with E-state index in [0.29, 0.717) is 10.5 Å². The molecule has 9 heteroatoms. The van der Waals surface area contributed by atoms with E-state index in [1.54, 1.807) is 12.1 Å². The maximum Gasteiger partial charge on any atom is 1.00 e. The normalized spacial score (nSPS) is 23.2. The van der Waals surface area contributed by atoms with E-state index in [9.17, 15) is 24.6 Å². The molecular weight excluding hydrogens is 343 g/mol. The number of benzene rings is 1. The van der Waals surface area contributed by atoms with E-state index in [1.165, 1.54) is 19.1 Å². The molecule has 120 valence electrons. The number of nitrogens with zero attached hydrogens (tertiary/aromatic N) is 1. The molecule has 1 aromatic carbocycles. The minimum Gasteiger partial charge on any atom is -0.543 e. The Morgan fingerprint density at radius 2 is 2.08 bits per heavy atom. The van der Waals surface area contributed by atoms with Gasteiger partial charge in [0, 0.05) is 10.5 Å². The third-order valence-corrected chi connectivity index (χ3v) is 5.31. The van der Waals surface area contributed by atoms with Crippen LogP contribution in [0.5, 0.6) is 0 Å². The summed E-state index contributed by atoms with van der Waals surface area (Å²) < 4.78 is 0. The number of fused-ring (bicyclic) bond motifs is 1. The number of nitrogens with two attached hydrogens (primary N) is 1. The molecule has 1 aromatic rings. The van der Waals surface area contributed by atoms with Crippen molar-refractivity contribution in [1.29, 1.82) is 0 Å². The number of aliphatic carboxylic acids is 1. The zero-order valence-electron chi connectivity index (χ0n) is 13.1. The topological polar surface area (TPSA) is 124 Å². The second kappa shape index (κ2) is 6.89. The fourth-order valence-electron chi connectivity index (χ4n) is 2.79. The summed E-state index contributed by atoms with van der Waals surface area (Å²) in [5.74, 6) is -3.22. The Morgan fingerprint density at radius 3 is 2.62 bits per heavy atom. The van der Waals surface area contributed by atoms with Gasteiger partial charge in [-0.25, -0.2) is 0 Å². The smallest absolute Gasteiger partial charge is 0.543 e. The molecule has 0 unspecified atom stereocenters. The molecule has 7 nitrogen and oxygen atoms in total. The van der Waals surface area contributed by atoms with Crippen molar-refractivity contribution in [2.24, 2.45) is 11.7 Å². The van der Waals surface area contributed by atoms with Gasteiger partial charge in [0.1, 0.15) is 5.37 Å². The predicted octanol–water partition coefficient (Wildman–Crippen LogP) is -3.88. The van der Waals surface area contributed by atoms with Crippen molar-refractivity contribution in [3.8, 4) is 0 Å². The van der Waals surface area contributed by atoms with Gasteiger partial charge in [0.25, 0.3) is 0 Å². The Morgan fingerprint density at radius 1 is 1.42 bits per heavy atom. The van der Waals surface area contributed by atoms with Gasteiger partial charge in [0.05, 0.1) is 23.7 Å². The molecule has 2 heterocycles. The summed E-state index contributed by atoms with van der Waals surface area (Å²) in [6, 6.07) is 6.20. The van der Waals surface area contributed by atoms with Gasteiger partial charge in [-0.3, -0.25) is 14.5 Å². The van der Waals surface area contributed by atoms with Gasteiger partial charge in [-0.2, -0.15) is 0 Å². The number of primary amides is 1. The minimum atomic E-state index is -1.48. The van der Waals surface area contributed by atoms with Crippen LogP contribution >= 0.6 is 11.8 Å². The van der Waals surface area contributed by atoms with E-state index < -0.39 is 35.2 Å². The molecule has 0 aromatic heterocycles. The van der Waals surface area contributed by atoms with E-state index in [-0.39, 0.29) is 40.8 Å². The first-order valence-corrected chi connectivity index (χ1v) is 7.74. The Kier molecular flexibility index (Phi) is 5.46. The number of carboxylic acid groups (broad SMARTS) is 1. The van der Waals surface area contributed by atoms with Crippen LogP contribution in [0.4, 0.5) is 0 Å². The van der Waals surface area contributed by atoms with Gasteiger partial charge in [-0.05, 0) is 24.6 Å². The fraction of sp³-hybridized carbons (Fsp3) is 0.267. The van der Waals surface area contributed by atoms with Crippen LogP contribution < -0.4 is 40.4 Å². The number of aliphatic hydroxyl groups excluding tert-OH is 1. The zero-order valence-corrected chi connectivity index (χ0v) is 15.9. The molecule has 2 aliphatic rings. The van der Waals surface area contributed by atoms with Gasteiger partial charge in [-0.15, -0.1) is 0 Å². The number of amides is 2. The number of aliphatic hydroxyl groups is 1. The number of hydrogen-bond donors (Lipinski definition) is 2. The summed E-state index contributed by atoms with van der Waals surface area (Å²) in [5, 5.41) is 20.7. The molecule has 3 rings (SSSR count). The summed E-state index contributed by atoms with van der Waals surface area (Å²) in [6.45, 7) is 1.49. The Labute approximate surface area is 164 Å². The molecule has 2 aliphatic heterocycles. The van der Waals surface area contributed by atoms with Crippen molar-refractivity contribution in [2.45, 2.75) is 18.4 Å². The van der Waals surface area contributed by atoms with Gasteiger partial charge in [0.15, 0.2) is 0 Å². The Hall–Kier alpha value is -1.32. The number of carbonyl (C=O) groups is 3. The average molecular weight is 356 g/mol. The summed E-state index contributed by atoms with van der Waals surface area (Å²) in [5.41, 5.74) is 5.71. The van der Waals surface area contributed by atoms with Crippen LogP contribution in [0, 0.1) is 5.92 Å². The fourth-order valence-corrected chi connectivity index (χ4v) is 4.39. The third-order valence-electron chi connectivity index (χ3n) is 3.90. The molecule has 1 fully saturated rings. The SMILES string of the molecule is C[C@@H](O)[C@H]1C(=O)N2C(C(=O)[O-])=C(c3cccc(C(N)=O)c3)S[C@H]12.[Na+].